The number of thiocarbonyl (C=S) groups is 1. The monoisotopic (exact) mass is 271 g/mol. The molecule has 18 heavy (non-hydrogen) atoms. The Bertz CT molecular complexity index is 384. The van der Waals surface area contributed by atoms with Gasteiger partial charge in [0.05, 0.1) is 6.21 Å². The molecule has 7 nitrogen and oxygen atoms in total. The molecule has 0 radical (unpaired) electrons. The van der Waals surface area contributed by atoms with Gasteiger partial charge in [0.1, 0.15) is 0 Å². The Balaban J connectivity index is 2.74. The fourth-order valence-corrected chi connectivity index (χ4v) is 1.75. The SMILES string of the molecule is CCCCCC1(C=NNC(N)=S)NC(=O)NC1=O. The number of carbonyl (C=O) groups excluding carboxylic acids is 2. The van der Waals surface area contributed by atoms with Crippen molar-refractivity contribution in [1.29, 1.82) is 0 Å². The summed E-state index contributed by atoms with van der Waals surface area (Å²) in [6, 6.07) is -0.515. The molecule has 100 valence electrons. The first-order chi connectivity index (χ1) is 8.50. The summed E-state index contributed by atoms with van der Waals surface area (Å²) in [7, 11) is 0. The van der Waals surface area contributed by atoms with Gasteiger partial charge in [-0.15, -0.1) is 0 Å². The zero-order valence-electron chi connectivity index (χ0n) is 10.2. The van der Waals surface area contributed by atoms with Gasteiger partial charge in [0.25, 0.3) is 5.91 Å². The number of hydrogen-bond acceptors (Lipinski definition) is 4. The second-order valence-corrected chi connectivity index (χ2v) is 4.51. The summed E-state index contributed by atoms with van der Waals surface area (Å²) in [5.41, 5.74) is 6.49. The minimum absolute atomic E-state index is 0.000287. The van der Waals surface area contributed by atoms with Gasteiger partial charge in [0.15, 0.2) is 10.7 Å². The molecule has 0 aromatic heterocycles. The molecule has 1 aliphatic rings. The van der Waals surface area contributed by atoms with Gasteiger partial charge in [0, 0.05) is 0 Å². The van der Waals surface area contributed by atoms with Crippen LogP contribution in [0.4, 0.5) is 4.79 Å². The van der Waals surface area contributed by atoms with Crippen LogP contribution < -0.4 is 21.8 Å². The van der Waals surface area contributed by atoms with Gasteiger partial charge in [-0.1, -0.05) is 26.2 Å². The average molecular weight is 271 g/mol. The minimum Gasteiger partial charge on any atom is -0.375 e. The molecule has 1 atom stereocenters. The molecule has 1 heterocycles. The predicted octanol–water partition coefficient (Wildman–Crippen LogP) is -0.0361. The Morgan fingerprint density at radius 2 is 2.28 bits per heavy atom. The van der Waals surface area contributed by atoms with Crippen LogP contribution in [-0.4, -0.2) is 28.8 Å². The molecule has 1 aliphatic heterocycles. The quantitative estimate of drug-likeness (QED) is 0.178. The van der Waals surface area contributed by atoms with Crippen molar-refractivity contribution in [3.8, 4) is 0 Å². The molecular formula is C10H17N5O2S. The van der Waals surface area contributed by atoms with Gasteiger partial charge in [0.2, 0.25) is 0 Å². The van der Waals surface area contributed by atoms with Crippen LogP contribution in [0.15, 0.2) is 5.10 Å². The molecule has 0 bridgehead atoms. The van der Waals surface area contributed by atoms with Gasteiger partial charge in [-0.25, -0.2) is 4.79 Å². The van der Waals surface area contributed by atoms with E-state index < -0.39 is 17.5 Å². The highest BCUT2D eigenvalue weighted by molar-refractivity contribution is 7.80. The maximum absolute atomic E-state index is 11.8. The van der Waals surface area contributed by atoms with Gasteiger partial charge < -0.3 is 11.1 Å². The number of rotatable bonds is 6. The third-order valence-electron chi connectivity index (χ3n) is 2.60. The molecule has 0 saturated carbocycles. The number of imide groups is 1. The number of urea groups is 1. The third kappa shape index (κ3) is 3.66. The second-order valence-electron chi connectivity index (χ2n) is 4.07. The molecule has 0 aromatic carbocycles. The van der Waals surface area contributed by atoms with E-state index in [1.54, 1.807) is 0 Å². The number of carbonyl (C=O) groups is 2. The first kappa shape index (κ1) is 14.4. The minimum atomic E-state index is -1.11. The molecule has 1 unspecified atom stereocenters. The van der Waals surface area contributed by atoms with Gasteiger partial charge in [-0.3, -0.25) is 15.5 Å². The standard InChI is InChI=1S/C10H17N5O2S/c1-2-3-4-5-10(6-12-15-8(11)18)7(16)13-9(17)14-10/h6H,2-5H2,1H3,(H3,11,15,18)(H2,13,14,16,17). The highest BCUT2D eigenvalue weighted by Crippen LogP contribution is 2.17. The number of nitrogens with one attached hydrogen (secondary N) is 3. The summed E-state index contributed by atoms with van der Waals surface area (Å²) in [5, 5.41) is 8.55. The van der Waals surface area contributed by atoms with Crippen LogP contribution in [0, 0.1) is 0 Å². The van der Waals surface area contributed by atoms with Crippen LogP contribution in [-0.2, 0) is 4.79 Å². The summed E-state index contributed by atoms with van der Waals surface area (Å²) >= 11 is 4.60. The zero-order valence-corrected chi connectivity index (χ0v) is 11.0. The summed E-state index contributed by atoms with van der Waals surface area (Å²) in [6.07, 6.45) is 4.63. The van der Waals surface area contributed by atoms with E-state index in [1.807, 2.05) is 0 Å². The van der Waals surface area contributed by atoms with Crippen LogP contribution in [0.5, 0.6) is 0 Å². The number of hydrogen-bond donors (Lipinski definition) is 4. The number of unbranched alkanes of at least 4 members (excludes halogenated alkanes) is 2. The van der Waals surface area contributed by atoms with Crippen LogP contribution in [0.25, 0.3) is 0 Å². The molecular weight excluding hydrogens is 254 g/mol. The van der Waals surface area contributed by atoms with Crippen molar-refractivity contribution in [3.63, 3.8) is 0 Å². The Morgan fingerprint density at radius 1 is 1.56 bits per heavy atom. The van der Waals surface area contributed by atoms with E-state index in [1.165, 1.54) is 6.21 Å². The maximum atomic E-state index is 11.8. The van der Waals surface area contributed by atoms with Crippen molar-refractivity contribution in [2.24, 2.45) is 10.8 Å². The normalized spacial score (nSPS) is 22.9. The lowest BCUT2D eigenvalue weighted by Gasteiger charge is -2.20. The Hall–Kier alpha value is -1.70. The first-order valence-corrected chi connectivity index (χ1v) is 6.14. The lowest BCUT2D eigenvalue weighted by Crippen LogP contribution is -2.49. The predicted molar refractivity (Wildman–Crippen MR) is 72.0 cm³/mol. The van der Waals surface area contributed by atoms with E-state index in [2.05, 4.69) is 40.3 Å². The van der Waals surface area contributed by atoms with E-state index in [0.717, 1.165) is 19.3 Å². The van der Waals surface area contributed by atoms with Crippen molar-refractivity contribution < 1.29 is 9.59 Å². The van der Waals surface area contributed by atoms with E-state index in [0.29, 0.717) is 6.42 Å². The maximum Gasteiger partial charge on any atom is 0.322 e. The highest BCUT2D eigenvalue weighted by atomic mass is 32.1. The van der Waals surface area contributed by atoms with E-state index >= 15 is 0 Å². The average Bonchev–Trinajstić information content (AvgIpc) is 2.54. The summed E-state index contributed by atoms with van der Waals surface area (Å²) in [5.74, 6) is -0.405. The number of hydrazone groups is 1. The van der Waals surface area contributed by atoms with Gasteiger partial charge in [-0.2, -0.15) is 5.10 Å². The molecule has 0 aromatic rings. The highest BCUT2D eigenvalue weighted by Gasteiger charge is 2.44. The summed E-state index contributed by atoms with van der Waals surface area (Å²) < 4.78 is 0. The van der Waals surface area contributed by atoms with Gasteiger partial charge >= 0.3 is 6.03 Å². The second kappa shape index (κ2) is 6.29. The third-order valence-corrected chi connectivity index (χ3v) is 2.69. The van der Waals surface area contributed by atoms with E-state index in [9.17, 15) is 9.59 Å². The molecule has 1 saturated heterocycles. The van der Waals surface area contributed by atoms with Crippen LogP contribution in [0.1, 0.15) is 32.6 Å². The lowest BCUT2D eigenvalue weighted by molar-refractivity contribution is -0.121. The molecule has 8 heteroatoms. The van der Waals surface area contributed by atoms with Crippen molar-refractivity contribution in [1.82, 2.24) is 16.1 Å². The molecule has 1 rings (SSSR count). The molecule has 1 fully saturated rings. The van der Waals surface area contributed by atoms with Crippen LogP contribution in [0.3, 0.4) is 0 Å². The summed E-state index contributed by atoms with van der Waals surface area (Å²) in [4.78, 5) is 23.0. The fourth-order valence-electron chi connectivity index (χ4n) is 1.70. The van der Waals surface area contributed by atoms with E-state index in [4.69, 9.17) is 5.73 Å². The largest absolute Gasteiger partial charge is 0.375 e. The lowest BCUT2D eigenvalue weighted by atomic mass is 9.94. The van der Waals surface area contributed by atoms with Crippen LogP contribution in [0.2, 0.25) is 0 Å². The number of nitrogens with zero attached hydrogens (tertiary/aromatic N) is 1. The van der Waals surface area contributed by atoms with E-state index in [-0.39, 0.29) is 5.11 Å². The van der Waals surface area contributed by atoms with Crippen molar-refractivity contribution >= 4 is 35.5 Å². The van der Waals surface area contributed by atoms with Crippen molar-refractivity contribution in [2.75, 3.05) is 0 Å². The Kier molecular flexibility index (Phi) is 5.02. The Labute approximate surface area is 111 Å². The number of amides is 3. The topological polar surface area (TPSA) is 109 Å². The van der Waals surface area contributed by atoms with Crippen molar-refractivity contribution in [3.05, 3.63) is 0 Å². The van der Waals surface area contributed by atoms with Crippen LogP contribution >= 0.6 is 12.2 Å². The zero-order chi connectivity index (χ0) is 13.6. The fraction of sp³-hybridized carbons (Fsp3) is 0.600. The molecule has 5 N–H and O–H groups in total. The Morgan fingerprint density at radius 3 is 2.78 bits per heavy atom. The molecule has 0 aliphatic carbocycles. The smallest absolute Gasteiger partial charge is 0.322 e. The molecule has 3 amide bonds. The summed E-state index contributed by atoms with van der Waals surface area (Å²) in [6.45, 7) is 2.06. The van der Waals surface area contributed by atoms with Crippen molar-refractivity contribution in [2.45, 2.75) is 38.1 Å². The van der Waals surface area contributed by atoms with Gasteiger partial charge in [-0.05, 0) is 18.6 Å². The molecule has 0 spiro atoms. The number of nitrogens with two attached hydrogens (primary N) is 1. The first-order valence-electron chi connectivity index (χ1n) is 5.73.